The van der Waals surface area contributed by atoms with E-state index in [4.69, 9.17) is 16.9 Å². The molecule has 0 aromatic rings. The second-order valence-corrected chi connectivity index (χ2v) is 1.06. The van der Waals surface area contributed by atoms with Gasteiger partial charge in [0, 0.05) is 6.42 Å². The lowest BCUT2D eigenvalue weighted by Crippen LogP contribution is -2.14. The minimum absolute atomic E-state index is 0. The van der Waals surface area contributed by atoms with Gasteiger partial charge in [0.15, 0.2) is 0 Å². The molecule has 0 aromatic heterocycles. The molecule has 3 nitrogen and oxygen atoms in total. The number of nitrogens with two attached hydrogens (primary N) is 2. The molecule has 0 heterocycles. The summed E-state index contributed by atoms with van der Waals surface area (Å²) < 4.78 is 0. The smallest absolute Gasteiger partial charge is 0.0918 e. The van der Waals surface area contributed by atoms with Crippen LogP contribution in [0.3, 0.4) is 0 Å². The first-order valence-electron chi connectivity index (χ1n) is 1.80. The fraction of sp³-hybridized carbons (Fsp3) is 0.667. The minimum Gasteiger partial charge on any atom is -0.388 e. The number of halogens is 2. The largest absolute Gasteiger partial charge is 0.388 e. The third-order valence-corrected chi connectivity index (χ3v) is 0.414. The van der Waals surface area contributed by atoms with Crippen molar-refractivity contribution in [3.63, 3.8) is 0 Å². The number of rotatable bonds is 2. The van der Waals surface area contributed by atoms with Crippen LogP contribution >= 0.6 is 34.0 Å². The third kappa shape index (κ3) is 16.2. The Labute approximate surface area is 69.9 Å². The van der Waals surface area contributed by atoms with Crippen LogP contribution in [0.15, 0.2) is 0 Å². The highest BCUT2D eigenvalue weighted by atomic mass is 79.9. The number of amidine groups is 1. The van der Waals surface area contributed by atoms with Gasteiger partial charge >= 0.3 is 0 Å². The minimum atomic E-state index is 0. The van der Waals surface area contributed by atoms with Gasteiger partial charge in [-0.15, -0.1) is 34.0 Å². The summed E-state index contributed by atoms with van der Waals surface area (Å²) in [7, 11) is 0. The molecule has 0 radical (unpaired) electrons. The Hall–Kier alpha value is 0.390. The maximum absolute atomic E-state index is 6.59. The van der Waals surface area contributed by atoms with Crippen molar-refractivity contribution in [3.8, 4) is 0 Å². The van der Waals surface area contributed by atoms with E-state index in [9.17, 15) is 0 Å². The average Bonchev–Trinajstić information content (AvgIpc) is 1.35. The zero-order valence-corrected chi connectivity index (χ0v) is 7.81. The Morgan fingerprint density at radius 1 is 1.38 bits per heavy atom. The molecular formula is C3H11Br2N3. The van der Waals surface area contributed by atoms with E-state index in [-0.39, 0.29) is 39.8 Å². The molecule has 0 aliphatic carbocycles. The first-order valence-corrected chi connectivity index (χ1v) is 1.80. The zero-order valence-electron chi connectivity index (χ0n) is 4.39. The van der Waals surface area contributed by atoms with Crippen LogP contribution in [0.25, 0.3) is 0 Å². The van der Waals surface area contributed by atoms with Crippen LogP contribution < -0.4 is 11.5 Å². The fourth-order valence-electron chi connectivity index (χ4n) is 0.156. The molecule has 0 fully saturated rings. The summed E-state index contributed by atoms with van der Waals surface area (Å²) >= 11 is 0. The van der Waals surface area contributed by atoms with Crippen LogP contribution in [-0.2, 0) is 0 Å². The lowest BCUT2D eigenvalue weighted by molar-refractivity contribution is 1.02. The molecule has 5 heteroatoms. The van der Waals surface area contributed by atoms with E-state index in [0.29, 0.717) is 13.0 Å². The molecule has 0 saturated carbocycles. The predicted molar refractivity (Wildman–Crippen MR) is 46.2 cm³/mol. The van der Waals surface area contributed by atoms with Gasteiger partial charge in [-0.05, 0) is 6.54 Å². The maximum atomic E-state index is 6.59. The van der Waals surface area contributed by atoms with Crippen molar-refractivity contribution in [2.75, 3.05) is 6.54 Å². The summed E-state index contributed by atoms with van der Waals surface area (Å²) in [6, 6.07) is 0. The summed E-state index contributed by atoms with van der Waals surface area (Å²) in [6.45, 7) is 0.481. The summed E-state index contributed by atoms with van der Waals surface area (Å²) in [5.74, 6) is 0.164. The van der Waals surface area contributed by atoms with Crippen molar-refractivity contribution < 1.29 is 0 Å². The van der Waals surface area contributed by atoms with Gasteiger partial charge in [-0.2, -0.15) is 0 Å². The highest BCUT2D eigenvalue weighted by molar-refractivity contribution is 8.93. The van der Waals surface area contributed by atoms with Crippen LogP contribution in [0.4, 0.5) is 0 Å². The Bertz CT molecular complexity index is 56.5. The quantitative estimate of drug-likeness (QED) is 0.490. The monoisotopic (exact) mass is 247 g/mol. The van der Waals surface area contributed by atoms with Gasteiger partial charge in [0.2, 0.25) is 0 Å². The third-order valence-electron chi connectivity index (χ3n) is 0.414. The summed E-state index contributed by atoms with van der Waals surface area (Å²) in [5.41, 5.74) is 9.91. The molecule has 5 N–H and O–H groups in total. The van der Waals surface area contributed by atoms with Gasteiger partial charge < -0.3 is 11.5 Å². The summed E-state index contributed by atoms with van der Waals surface area (Å²) in [6.07, 6.45) is 0.514. The van der Waals surface area contributed by atoms with Gasteiger partial charge in [0.05, 0.1) is 5.84 Å². The Morgan fingerprint density at radius 3 is 1.75 bits per heavy atom. The van der Waals surface area contributed by atoms with Crippen LogP contribution in [0.1, 0.15) is 6.42 Å². The van der Waals surface area contributed by atoms with E-state index in [1.165, 1.54) is 0 Å². The summed E-state index contributed by atoms with van der Waals surface area (Å²) in [4.78, 5) is 0. The topological polar surface area (TPSA) is 75.9 Å². The Morgan fingerprint density at radius 2 is 1.75 bits per heavy atom. The second kappa shape index (κ2) is 10.4. The molecule has 0 atom stereocenters. The summed E-state index contributed by atoms with van der Waals surface area (Å²) in [5, 5.41) is 6.59. The van der Waals surface area contributed by atoms with Crippen LogP contribution in [-0.4, -0.2) is 12.4 Å². The lowest BCUT2D eigenvalue weighted by Gasteiger charge is -1.86. The van der Waals surface area contributed by atoms with Crippen molar-refractivity contribution in [2.45, 2.75) is 6.42 Å². The molecule has 0 unspecified atom stereocenters. The Balaban J connectivity index is -0.000000125. The van der Waals surface area contributed by atoms with E-state index in [2.05, 4.69) is 0 Å². The van der Waals surface area contributed by atoms with E-state index >= 15 is 0 Å². The van der Waals surface area contributed by atoms with E-state index in [1.54, 1.807) is 0 Å². The second-order valence-electron chi connectivity index (χ2n) is 1.06. The first kappa shape index (κ1) is 15.8. The van der Waals surface area contributed by atoms with E-state index in [1.807, 2.05) is 0 Å². The highest BCUT2D eigenvalue weighted by Crippen LogP contribution is 1.64. The van der Waals surface area contributed by atoms with E-state index < -0.39 is 0 Å². The average molecular weight is 249 g/mol. The van der Waals surface area contributed by atoms with Gasteiger partial charge in [0.25, 0.3) is 0 Å². The van der Waals surface area contributed by atoms with Crippen LogP contribution in [0.2, 0.25) is 0 Å². The maximum Gasteiger partial charge on any atom is 0.0918 e. The van der Waals surface area contributed by atoms with Gasteiger partial charge in [-0.1, -0.05) is 0 Å². The lowest BCUT2D eigenvalue weighted by atomic mass is 10.4. The standard InChI is InChI=1S/C3H9N3.2BrH/c4-2-1-3(5)6;;/h1-2,4H2,(H3,5,6);2*1H. The van der Waals surface area contributed by atoms with Crippen molar-refractivity contribution in [1.82, 2.24) is 0 Å². The molecular weight excluding hydrogens is 238 g/mol. The molecule has 0 saturated heterocycles. The highest BCUT2D eigenvalue weighted by Gasteiger charge is 1.79. The molecule has 0 rings (SSSR count). The first-order chi connectivity index (χ1) is 2.77. The molecule has 8 heavy (non-hydrogen) atoms. The van der Waals surface area contributed by atoms with Crippen LogP contribution in [0.5, 0.6) is 0 Å². The van der Waals surface area contributed by atoms with Crippen molar-refractivity contribution in [2.24, 2.45) is 11.5 Å². The van der Waals surface area contributed by atoms with Gasteiger partial charge in [-0.3, -0.25) is 5.41 Å². The molecule has 0 amide bonds. The van der Waals surface area contributed by atoms with Crippen molar-refractivity contribution in [1.29, 1.82) is 5.41 Å². The molecule has 0 aromatic carbocycles. The van der Waals surface area contributed by atoms with Gasteiger partial charge in [0.1, 0.15) is 0 Å². The molecule has 0 aliphatic heterocycles. The predicted octanol–water partition coefficient (Wildman–Crippen LogP) is 0.427. The fourth-order valence-corrected chi connectivity index (χ4v) is 0.156. The van der Waals surface area contributed by atoms with Crippen LogP contribution in [0, 0.1) is 5.41 Å². The zero-order chi connectivity index (χ0) is 4.99. The number of nitrogens with one attached hydrogen (secondary N) is 1. The van der Waals surface area contributed by atoms with Crippen molar-refractivity contribution in [3.05, 3.63) is 0 Å². The number of hydrogen-bond acceptors (Lipinski definition) is 2. The molecule has 0 spiro atoms. The van der Waals surface area contributed by atoms with Crippen molar-refractivity contribution >= 4 is 39.8 Å². The van der Waals surface area contributed by atoms with Gasteiger partial charge in [-0.25, -0.2) is 0 Å². The SMILES string of the molecule is Br.Br.N=C(N)CCN. The normalized spacial score (nSPS) is 6.12. The molecule has 0 bridgehead atoms. The van der Waals surface area contributed by atoms with E-state index in [0.717, 1.165) is 0 Å². The Kier molecular flexibility index (Phi) is 20.5. The number of hydrogen-bond donors (Lipinski definition) is 3. The molecule has 52 valence electrons. The molecule has 0 aliphatic rings.